The zero-order chi connectivity index (χ0) is 17.7. The Bertz CT molecular complexity index is 699. The Labute approximate surface area is 144 Å². The summed E-state index contributed by atoms with van der Waals surface area (Å²) < 4.78 is 10.8. The molecule has 0 aliphatic carbocycles. The van der Waals surface area contributed by atoms with E-state index in [0.29, 0.717) is 10.8 Å². The number of ketones is 1. The van der Waals surface area contributed by atoms with Crippen LogP contribution in [0.4, 0.5) is 0 Å². The van der Waals surface area contributed by atoms with E-state index in [1.54, 1.807) is 38.1 Å². The maximum atomic E-state index is 12.9. The van der Waals surface area contributed by atoms with E-state index in [1.165, 1.54) is 13.3 Å². The lowest BCUT2D eigenvalue weighted by Crippen LogP contribution is -2.37. The Morgan fingerprint density at radius 3 is 2.50 bits per heavy atom. The zero-order valence-electron chi connectivity index (χ0n) is 13.6. The molecule has 1 aromatic heterocycles. The standard InChI is InChI=1S/C16H18ClN3O4/c1-10(21)23-8-16(2,3)14(22)13(15-18-9-19-20-15)24-12-6-4-11(17)5-7-12/h4-7,9,13H,8H2,1-3H3,(H,18,19,20). The number of Topliss-reactive ketones (excluding diaryl/α,β-unsaturated/α-hetero) is 1. The van der Waals surface area contributed by atoms with Crippen LogP contribution in [0.1, 0.15) is 32.7 Å². The molecule has 0 saturated carbocycles. The van der Waals surface area contributed by atoms with Crippen LogP contribution in [0.5, 0.6) is 5.75 Å². The first kappa shape index (κ1) is 17.9. The molecular weight excluding hydrogens is 334 g/mol. The fraction of sp³-hybridized carbons (Fsp3) is 0.375. The number of nitrogens with zero attached hydrogens (tertiary/aromatic N) is 2. The molecule has 0 saturated heterocycles. The summed E-state index contributed by atoms with van der Waals surface area (Å²) >= 11 is 5.85. The fourth-order valence-electron chi connectivity index (χ4n) is 1.93. The van der Waals surface area contributed by atoms with Crippen molar-refractivity contribution in [2.45, 2.75) is 26.9 Å². The summed E-state index contributed by atoms with van der Waals surface area (Å²) in [6.07, 6.45) is 0.277. The summed E-state index contributed by atoms with van der Waals surface area (Å²) in [5, 5.41) is 6.96. The average molecular weight is 352 g/mol. The second kappa shape index (κ2) is 7.44. The lowest BCUT2D eigenvalue weighted by Gasteiger charge is -2.27. The van der Waals surface area contributed by atoms with Crippen LogP contribution in [0.15, 0.2) is 30.6 Å². The Morgan fingerprint density at radius 1 is 1.29 bits per heavy atom. The van der Waals surface area contributed by atoms with Crippen molar-refractivity contribution in [3.8, 4) is 5.75 Å². The minimum absolute atomic E-state index is 0.0597. The van der Waals surface area contributed by atoms with Gasteiger partial charge in [0.15, 0.2) is 11.6 Å². The van der Waals surface area contributed by atoms with Crippen LogP contribution in [-0.4, -0.2) is 33.5 Å². The summed E-state index contributed by atoms with van der Waals surface area (Å²) in [5.41, 5.74) is -0.963. The van der Waals surface area contributed by atoms with Gasteiger partial charge in [-0.25, -0.2) is 4.98 Å². The third kappa shape index (κ3) is 4.55. The Balaban J connectivity index is 2.24. The summed E-state index contributed by atoms with van der Waals surface area (Å²) in [7, 11) is 0. The van der Waals surface area contributed by atoms with E-state index in [1.807, 2.05) is 0 Å². The number of halogens is 1. The normalized spacial score (nSPS) is 12.5. The Kier molecular flexibility index (Phi) is 5.56. The molecule has 0 aliphatic rings. The van der Waals surface area contributed by atoms with Crippen molar-refractivity contribution in [3.05, 3.63) is 41.4 Å². The summed E-state index contributed by atoms with van der Waals surface area (Å²) in [5.74, 6) is -0.0237. The molecule has 0 radical (unpaired) electrons. The van der Waals surface area contributed by atoms with Crippen molar-refractivity contribution in [2.24, 2.45) is 5.41 Å². The number of H-pyrrole nitrogens is 1. The van der Waals surface area contributed by atoms with Gasteiger partial charge in [-0.2, -0.15) is 5.10 Å². The van der Waals surface area contributed by atoms with Crippen molar-refractivity contribution >= 4 is 23.4 Å². The van der Waals surface area contributed by atoms with E-state index < -0.39 is 17.5 Å². The van der Waals surface area contributed by atoms with Crippen molar-refractivity contribution in [1.82, 2.24) is 15.2 Å². The molecule has 2 aromatic rings. The monoisotopic (exact) mass is 351 g/mol. The van der Waals surface area contributed by atoms with Gasteiger partial charge in [0.1, 0.15) is 18.7 Å². The number of carbonyl (C=O) groups is 2. The van der Waals surface area contributed by atoms with Crippen molar-refractivity contribution in [3.63, 3.8) is 0 Å². The number of hydrogen-bond acceptors (Lipinski definition) is 6. The van der Waals surface area contributed by atoms with E-state index in [9.17, 15) is 9.59 Å². The number of aromatic nitrogens is 3. The molecule has 7 nitrogen and oxygen atoms in total. The van der Waals surface area contributed by atoms with E-state index >= 15 is 0 Å². The van der Waals surface area contributed by atoms with Crippen molar-refractivity contribution < 1.29 is 19.1 Å². The van der Waals surface area contributed by atoms with Crippen LogP contribution in [-0.2, 0) is 14.3 Å². The maximum absolute atomic E-state index is 12.9. The van der Waals surface area contributed by atoms with Gasteiger partial charge in [0.05, 0.1) is 5.41 Å². The van der Waals surface area contributed by atoms with Crippen molar-refractivity contribution in [2.75, 3.05) is 6.61 Å². The SMILES string of the molecule is CC(=O)OCC(C)(C)C(=O)C(Oc1ccc(Cl)cc1)c1ncn[nH]1. The van der Waals surface area contributed by atoms with Gasteiger partial charge in [0, 0.05) is 11.9 Å². The predicted octanol–water partition coefficient (Wildman–Crippen LogP) is 2.74. The van der Waals surface area contributed by atoms with E-state index in [-0.39, 0.29) is 18.2 Å². The van der Waals surface area contributed by atoms with Gasteiger partial charge in [0.25, 0.3) is 0 Å². The van der Waals surface area contributed by atoms with Gasteiger partial charge < -0.3 is 9.47 Å². The van der Waals surface area contributed by atoms with Crippen LogP contribution in [0.25, 0.3) is 0 Å². The molecule has 0 spiro atoms. The number of benzene rings is 1. The van der Waals surface area contributed by atoms with E-state index in [2.05, 4.69) is 15.2 Å². The third-order valence-corrected chi connectivity index (χ3v) is 3.54. The van der Waals surface area contributed by atoms with Gasteiger partial charge in [-0.05, 0) is 38.1 Å². The Morgan fingerprint density at radius 2 is 1.96 bits per heavy atom. The van der Waals surface area contributed by atoms with E-state index in [0.717, 1.165) is 0 Å². The highest BCUT2D eigenvalue weighted by Crippen LogP contribution is 2.29. The number of ether oxygens (including phenoxy) is 2. The second-order valence-electron chi connectivity index (χ2n) is 5.85. The highest BCUT2D eigenvalue weighted by atomic mass is 35.5. The highest BCUT2D eigenvalue weighted by Gasteiger charge is 2.38. The molecular formula is C16H18ClN3O4. The Hall–Kier alpha value is -2.41. The molecule has 1 heterocycles. The lowest BCUT2D eigenvalue weighted by molar-refractivity contribution is -0.149. The number of rotatable bonds is 7. The molecule has 0 bridgehead atoms. The first-order valence-electron chi connectivity index (χ1n) is 7.25. The first-order chi connectivity index (χ1) is 11.3. The topological polar surface area (TPSA) is 94.2 Å². The summed E-state index contributed by atoms with van der Waals surface area (Å²) in [6.45, 7) is 4.58. The van der Waals surface area contributed by atoms with Gasteiger partial charge in [-0.15, -0.1) is 0 Å². The lowest BCUT2D eigenvalue weighted by atomic mass is 9.85. The molecule has 0 amide bonds. The van der Waals surface area contributed by atoms with Gasteiger partial charge in [-0.3, -0.25) is 14.7 Å². The third-order valence-electron chi connectivity index (χ3n) is 3.29. The van der Waals surface area contributed by atoms with Crippen LogP contribution in [0.3, 0.4) is 0 Å². The first-order valence-corrected chi connectivity index (χ1v) is 7.62. The summed E-state index contributed by atoms with van der Waals surface area (Å²) in [4.78, 5) is 28.0. The van der Waals surface area contributed by atoms with Crippen LogP contribution < -0.4 is 4.74 Å². The molecule has 0 fully saturated rings. The number of nitrogens with one attached hydrogen (secondary N) is 1. The zero-order valence-corrected chi connectivity index (χ0v) is 14.3. The minimum atomic E-state index is -1.01. The maximum Gasteiger partial charge on any atom is 0.302 e. The van der Waals surface area contributed by atoms with E-state index in [4.69, 9.17) is 21.1 Å². The van der Waals surface area contributed by atoms with Crippen LogP contribution in [0.2, 0.25) is 5.02 Å². The van der Waals surface area contributed by atoms with Crippen molar-refractivity contribution in [1.29, 1.82) is 0 Å². The number of aromatic amines is 1. The summed E-state index contributed by atoms with van der Waals surface area (Å²) in [6, 6.07) is 6.61. The van der Waals surface area contributed by atoms with Gasteiger partial charge >= 0.3 is 5.97 Å². The molecule has 1 atom stereocenters. The highest BCUT2D eigenvalue weighted by molar-refractivity contribution is 6.30. The fourth-order valence-corrected chi connectivity index (χ4v) is 2.06. The second-order valence-corrected chi connectivity index (χ2v) is 6.29. The van der Waals surface area contributed by atoms with Gasteiger partial charge in [0.2, 0.25) is 6.10 Å². The largest absolute Gasteiger partial charge is 0.475 e. The van der Waals surface area contributed by atoms with Gasteiger partial charge in [-0.1, -0.05) is 11.6 Å². The van der Waals surface area contributed by atoms with Crippen LogP contribution in [0, 0.1) is 5.41 Å². The molecule has 1 unspecified atom stereocenters. The molecule has 0 aliphatic heterocycles. The molecule has 128 valence electrons. The quantitative estimate of drug-likeness (QED) is 0.771. The number of esters is 1. The molecule has 1 N–H and O–H groups in total. The number of hydrogen-bond donors (Lipinski definition) is 1. The van der Waals surface area contributed by atoms with Crippen LogP contribution >= 0.6 is 11.6 Å². The smallest absolute Gasteiger partial charge is 0.302 e. The number of carbonyl (C=O) groups excluding carboxylic acids is 2. The molecule has 24 heavy (non-hydrogen) atoms. The predicted molar refractivity (Wildman–Crippen MR) is 86.6 cm³/mol. The molecule has 2 rings (SSSR count). The molecule has 8 heteroatoms. The molecule has 1 aromatic carbocycles. The minimum Gasteiger partial charge on any atom is -0.475 e. The average Bonchev–Trinajstić information content (AvgIpc) is 3.06.